The van der Waals surface area contributed by atoms with Crippen LogP contribution in [0.1, 0.15) is 0 Å². The lowest BCUT2D eigenvalue weighted by molar-refractivity contribution is 0.668. The zero-order chi connectivity index (χ0) is 38.6. The number of benzene rings is 9. The Labute approximate surface area is 337 Å². The quantitative estimate of drug-likeness (QED) is 0.180. The maximum absolute atomic E-state index is 6.55. The van der Waals surface area contributed by atoms with Gasteiger partial charge in [0.1, 0.15) is 22.3 Å². The van der Waals surface area contributed by atoms with Crippen molar-refractivity contribution in [2.45, 2.75) is 0 Å². The van der Waals surface area contributed by atoms with Crippen molar-refractivity contribution >= 4 is 98.5 Å². The Morgan fingerprint density at radius 1 is 0.254 bits per heavy atom. The van der Waals surface area contributed by atoms with Crippen molar-refractivity contribution in [3.63, 3.8) is 0 Å². The fourth-order valence-corrected chi connectivity index (χ4v) is 9.38. The van der Waals surface area contributed by atoms with Gasteiger partial charge in [-0.05, 0) is 120 Å². The molecule has 0 amide bonds. The Hall–Kier alpha value is -8.02. The molecule has 13 rings (SSSR count). The molecule has 0 aliphatic rings. The van der Waals surface area contributed by atoms with Crippen LogP contribution in [0.5, 0.6) is 0 Å². The standard InChI is InChI=1S/C54H33N3O2/c1-2-12-36(13-3-1)57-49-18-6-4-16-43(49)44-24-20-41(32-50(44)57)55-37-14-8-10-34(28-37)35-11-9-15-38(29-35)56(42-21-25-46-45-17-5-7-19-51(45)59-54(46)33-42)40-23-27-53-48(31-40)47-30-39(55)22-26-52(47)58-53/h1-33H. The Morgan fingerprint density at radius 3 is 1.49 bits per heavy atom. The summed E-state index contributed by atoms with van der Waals surface area (Å²) in [5.74, 6) is 0. The summed E-state index contributed by atoms with van der Waals surface area (Å²) in [7, 11) is 0. The number of hydrogen-bond donors (Lipinski definition) is 0. The summed E-state index contributed by atoms with van der Waals surface area (Å²) in [5.41, 5.74) is 13.2. The fraction of sp³-hybridized carbons (Fsp3) is 0. The van der Waals surface area contributed by atoms with Crippen LogP contribution < -0.4 is 0 Å². The molecule has 0 spiro atoms. The predicted molar refractivity (Wildman–Crippen MR) is 244 cm³/mol. The third-order valence-electron chi connectivity index (χ3n) is 12.0. The molecule has 13 aromatic rings. The molecule has 59 heavy (non-hydrogen) atoms. The third kappa shape index (κ3) is 4.85. The number of para-hydroxylation sites is 3. The van der Waals surface area contributed by atoms with Gasteiger partial charge in [-0.2, -0.15) is 0 Å². The molecule has 9 aromatic carbocycles. The van der Waals surface area contributed by atoms with Gasteiger partial charge in [-0.3, -0.25) is 0 Å². The molecule has 0 saturated carbocycles. The zero-order valence-electron chi connectivity index (χ0n) is 31.7. The lowest BCUT2D eigenvalue weighted by Crippen LogP contribution is -1.99. The van der Waals surface area contributed by atoms with Crippen LogP contribution in [0.15, 0.2) is 209 Å². The summed E-state index contributed by atoms with van der Waals surface area (Å²) in [6.45, 7) is 0. The topological polar surface area (TPSA) is 41.1 Å². The number of fused-ring (bicyclic) bond motifs is 13. The van der Waals surface area contributed by atoms with E-state index in [4.69, 9.17) is 8.83 Å². The van der Waals surface area contributed by atoms with E-state index in [-0.39, 0.29) is 0 Å². The van der Waals surface area contributed by atoms with Gasteiger partial charge in [0.2, 0.25) is 0 Å². The van der Waals surface area contributed by atoms with Crippen LogP contribution in [0.2, 0.25) is 0 Å². The lowest BCUT2D eigenvalue weighted by atomic mass is 10.1. The number of furan rings is 2. The van der Waals surface area contributed by atoms with Crippen molar-refractivity contribution in [2.24, 2.45) is 0 Å². The third-order valence-corrected chi connectivity index (χ3v) is 12.0. The maximum atomic E-state index is 6.55. The van der Waals surface area contributed by atoms with Crippen molar-refractivity contribution in [2.75, 3.05) is 0 Å². The summed E-state index contributed by atoms with van der Waals surface area (Å²) in [4.78, 5) is 0. The number of rotatable bonds is 3. The molecule has 0 radical (unpaired) electrons. The van der Waals surface area contributed by atoms with Gasteiger partial charge in [0.15, 0.2) is 0 Å². The predicted octanol–water partition coefficient (Wildman–Crippen LogP) is 14.7. The maximum Gasteiger partial charge on any atom is 0.137 e. The molecule has 4 heterocycles. The Morgan fingerprint density at radius 2 is 0.780 bits per heavy atom. The molecule has 0 fully saturated rings. The molecule has 276 valence electrons. The van der Waals surface area contributed by atoms with Crippen molar-refractivity contribution in [1.82, 2.24) is 13.7 Å². The molecular formula is C54H33N3O2. The first kappa shape index (κ1) is 32.1. The van der Waals surface area contributed by atoms with E-state index >= 15 is 0 Å². The van der Waals surface area contributed by atoms with E-state index in [1.807, 2.05) is 12.1 Å². The van der Waals surface area contributed by atoms with Gasteiger partial charge in [0.05, 0.1) is 11.0 Å². The molecule has 0 saturated heterocycles. The zero-order valence-corrected chi connectivity index (χ0v) is 31.7. The minimum Gasteiger partial charge on any atom is -0.456 e. The highest BCUT2D eigenvalue weighted by molar-refractivity contribution is 6.11. The summed E-state index contributed by atoms with van der Waals surface area (Å²) in [6.07, 6.45) is 0. The number of aromatic nitrogens is 3. The van der Waals surface area contributed by atoms with Crippen molar-refractivity contribution in [3.8, 4) is 17.1 Å². The smallest absolute Gasteiger partial charge is 0.137 e. The van der Waals surface area contributed by atoms with E-state index in [1.165, 1.54) is 16.3 Å². The molecule has 5 nitrogen and oxygen atoms in total. The SMILES string of the molecule is c1ccc(-n2c3ccccc3c3ccc(-n4c5cccc(c5)c5cccc(c5)n(-c5ccc6c(c5)oc5ccccc56)c5ccc6oc7ccc4cc7c6c5)cc32)cc1. The van der Waals surface area contributed by atoms with Crippen LogP contribution in [0, 0.1) is 0 Å². The first-order valence-corrected chi connectivity index (χ1v) is 20.0. The summed E-state index contributed by atoms with van der Waals surface area (Å²) < 4.78 is 20.0. The van der Waals surface area contributed by atoms with Crippen LogP contribution in [0.4, 0.5) is 0 Å². The van der Waals surface area contributed by atoms with Crippen LogP contribution in [0.3, 0.4) is 0 Å². The monoisotopic (exact) mass is 755 g/mol. The largest absolute Gasteiger partial charge is 0.456 e. The van der Waals surface area contributed by atoms with Gasteiger partial charge in [0.25, 0.3) is 0 Å². The second-order valence-electron chi connectivity index (χ2n) is 15.4. The highest BCUT2D eigenvalue weighted by Gasteiger charge is 2.16. The number of nitrogens with zero attached hydrogens (tertiary/aromatic N) is 3. The van der Waals surface area contributed by atoms with Crippen molar-refractivity contribution in [1.29, 1.82) is 0 Å². The van der Waals surface area contributed by atoms with Crippen molar-refractivity contribution < 1.29 is 8.83 Å². The number of hydrogen-bond acceptors (Lipinski definition) is 2. The molecule has 4 aromatic heterocycles. The average Bonchev–Trinajstić information content (AvgIpc) is 3.96. The average molecular weight is 756 g/mol. The summed E-state index contributed by atoms with van der Waals surface area (Å²) in [5, 5.41) is 9.02. The Bertz CT molecular complexity index is 3910. The van der Waals surface area contributed by atoms with Gasteiger partial charge in [-0.1, -0.05) is 84.9 Å². The van der Waals surface area contributed by atoms with Crippen LogP contribution in [0.25, 0.3) is 116 Å². The molecule has 8 bridgehead atoms. The van der Waals surface area contributed by atoms with E-state index in [0.717, 1.165) is 99.3 Å². The van der Waals surface area contributed by atoms with E-state index in [9.17, 15) is 0 Å². The molecule has 0 aliphatic heterocycles. The van der Waals surface area contributed by atoms with Crippen LogP contribution >= 0.6 is 0 Å². The van der Waals surface area contributed by atoms with Gasteiger partial charge in [-0.15, -0.1) is 0 Å². The normalized spacial score (nSPS) is 12.1. The summed E-state index contributed by atoms with van der Waals surface area (Å²) in [6, 6.07) is 71.8. The summed E-state index contributed by atoms with van der Waals surface area (Å²) >= 11 is 0. The van der Waals surface area contributed by atoms with Gasteiger partial charge in [0, 0.05) is 77.5 Å². The molecule has 0 atom stereocenters. The fourth-order valence-electron chi connectivity index (χ4n) is 9.38. The van der Waals surface area contributed by atoms with Gasteiger partial charge in [-0.25, -0.2) is 0 Å². The highest BCUT2D eigenvalue weighted by Crippen LogP contribution is 2.37. The van der Waals surface area contributed by atoms with Crippen LogP contribution in [-0.2, 0) is 0 Å². The molecule has 0 N–H and O–H groups in total. The molecule has 5 heteroatoms. The second kappa shape index (κ2) is 12.2. The second-order valence-corrected chi connectivity index (χ2v) is 15.4. The lowest BCUT2D eigenvalue weighted by Gasteiger charge is -2.14. The van der Waals surface area contributed by atoms with E-state index < -0.39 is 0 Å². The van der Waals surface area contributed by atoms with Crippen LogP contribution in [-0.4, -0.2) is 13.7 Å². The van der Waals surface area contributed by atoms with Gasteiger partial charge >= 0.3 is 0 Å². The minimum absolute atomic E-state index is 0.844. The molecular weight excluding hydrogens is 723 g/mol. The minimum atomic E-state index is 0.844. The Kier molecular flexibility index (Phi) is 6.66. The van der Waals surface area contributed by atoms with Crippen molar-refractivity contribution in [3.05, 3.63) is 200 Å². The van der Waals surface area contributed by atoms with E-state index in [0.29, 0.717) is 0 Å². The highest BCUT2D eigenvalue weighted by atomic mass is 16.3. The van der Waals surface area contributed by atoms with E-state index in [1.54, 1.807) is 0 Å². The Balaban J connectivity index is 1.14. The first-order valence-electron chi connectivity index (χ1n) is 20.0. The molecule has 0 aliphatic carbocycles. The van der Waals surface area contributed by atoms with E-state index in [2.05, 4.69) is 202 Å². The van der Waals surface area contributed by atoms with Gasteiger partial charge < -0.3 is 22.5 Å². The first-order chi connectivity index (χ1) is 29.2. The molecule has 0 unspecified atom stereocenters.